The summed E-state index contributed by atoms with van der Waals surface area (Å²) in [5, 5.41) is 7.87. The number of likely N-dealkylation sites (tertiary alicyclic amines) is 1. The summed E-state index contributed by atoms with van der Waals surface area (Å²) in [6, 6.07) is 11.0. The van der Waals surface area contributed by atoms with Crippen molar-refractivity contribution >= 4 is 28.8 Å². The van der Waals surface area contributed by atoms with Gasteiger partial charge in [-0.15, -0.1) is 11.3 Å². The third-order valence-corrected chi connectivity index (χ3v) is 5.06. The van der Waals surface area contributed by atoms with E-state index in [1.54, 1.807) is 30.3 Å². The summed E-state index contributed by atoms with van der Waals surface area (Å²) in [6.45, 7) is 1.59. The number of amides is 2. The largest absolute Gasteiger partial charge is 0.334 e. The van der Waals surface area contributed by atoms with Crippen molar-refractivity contribution in [2.24, 2.45) is 0 Å². The number of nitrogens with one attached hydrogen (secondary N) is 2. The summed E-state index contributed by atoms with van der Waals surface area (Å²) in [5.74, 6) is -0.121. The van der Waals surface area contributed by atoms with Crippen LogP contribution in [0.4, 0.5) is 5.69 Å². The van der Waals surface area contributed by atoms with Gasteiger partial charge < -0.3 is 15.5 Å². The van der Waals surface area contributed by atoms with E-state index in [2.05, 4.69) is 10.6 Å². The van der Waals surface area contributed by atoms with Crippen molar-refractivity contribution in [1.82, 2.24) is 10.2 Å². The Hall–Kier alpha value is -2.18. The third kappa shape index (κ3) is 3.66. The number of carbonyl (C=O) groups is 2. The van der Waals surface area contributed by atoms with Crippen molar-refractivity contribution < 1.29 is 9.59 Å². The number of hydrogen-bond donors (Lipinski definition) is 2. The Bertz CT molecular complexity index is 715. The maximum atomic E-state index is 12.8. The number of nitrogens with zero attached hydrogens (tertiary/aromatic N) is 1. The van der Waals surface area contributed by atoms with Crippen LogP contribution in [0.3, 0.4) is 0 Å². The van der Waals surface area contributed by atoms with Gasteiger partial charge in [0, 0.05) is 30.4 Å². The van der Waals surface area contributed by atoms with Crippen LogP contribution in [0.15, 0.2) is 41.8 Å². The van der Waals surface area contributed by atoms with Crippen LogP contribution >= 0.6 is 11.3 Å². The molecule has 0 radical (unpaired) electrons. The summed E-state index contributed by atoms with van der Waals surface area (Å²) in [6.07, 6.45) is 2.06. The first kappa shape index (κ1) is 16.7. The van der Waals surface area contributed by atoms with Crippen LogP contribution in [0, 0.1) is 0 Å². The average Bonchev–Trinajstić information content (AvgIpc) is 3.26. The normalized spacial score (nSPS) is 17.0. The van der Waals surface area contributed by atoms with Crippen LogP contribution in [0.2, 0.25) is 0 Å². The van der Waals surface area contributed by atoms with Gasteiger partial charge in [0.05, 0.1) is 4.88 Å². The van der Waals surface area contributed by atoms with Crippen LogP contribution in [0.25, 0.3) is 0 Å². The predicted molar refractivity (Wildman–Crippen MR) is 96.7 cm³/mol. The van der Waals surface area contributed by atoms with E-state index in [-0.39, 0.29) is 17.9 Å². The van der Waals surface area contributed by atoms with E-state index in [4.69, 9.17) is 0 Å². The van der Waals surface area contributed by atoms with Crippen molar-refractivity contribution in [3.8, 4) is 0 Å². The van der Waals surface area contributed by atoms with Crippen molar-refractivity contribution in [3.63, 3.8) is 0 Å². The number of hydrogen-bond acceptors (Lipinski definition) is 4. The van der Waals surface area contributed by atoms with E-state index in [1.165, 1.54) is 11.3 Å². The first-order chi connectivity index (χ1) is 11.7. The minimum absolute atomic E-state index is 0.0278. The number of rotatable bonds is 5. The smallest absolute Gasteiger partial charge is 0.265 e. The van der Waals surface area contributed by atoms with Gasteiger partial charge in [-0.05, 0) is 49.5 Å². The molecule has 1 aliphatic heterocycles. The van der Waals surface area contributed by atoms with E-state index in [0.29, 0.717) is 16.1 Å². The molecule has 24 heavy (non-hydrogen) atoms. The van der Waals surface area contributed by atoms with Gasteiger partial charge in [-0.3, -0.25) is 9.59 Å². The molecule has 0 saturated carbocycles. The zero-order valence-corrected chi connectivity index (χ0v) is 14.4. The number of carbonyl (C=O) groups excluding carboxylic acids is 2. The Morgan fingerprint density at radius 1 is 1.29 bits per heavy atom. The highest BCUT2D eigenvalue weighted by molar-refractivity contribution is 7.12. The molecule has 6 heteroatoms. The minimum Gasteiger partial charge on any atom is -0.334 e. The summed E-state index contributed by atoms with van der Waals surface area (Å²) in [5.41, 5.74) is 1.26. The number of anilines is 1. The molecule has 1 atom stereocenters. The highest BCUT2D eigenvalue weighted by Gasteiger charge is 2.28. The average molecular weight is 343 g/mol. The van der Waals surface area contributed by atoms with Crippen molar-refractivity contribution in [1.29, 1.82) is 0 Å². The van der Waals surface area contributed by atoms with Gasteiger partial charge in [0.15, 0.2) is 0 Å². The van der Waals surface area contributed by atoms with Crippen LogP contribution in [-0.4, -0.2) is 42.9 Å². The molecule has 3 rings (SSSR count). The second-order valence-corrected chi connectivity index (χ2v) is 6.81. The SMILES string of the molecule is CNCC1CCCN1C(=O)c1cccc(NC(=O)c2cccs2)c1. The van der Waals surface area contributed by atoms with Crippen molar-refractivity contribution in [2.75, 3.05) is 25.5 Å². The molecule has 2 aromatic rings. The van der Waals surface area contributed by atoms with Crippen LogP contribution in [0.1, 0.15) is 32.9 Å². The Morgan fingerprint density at radius 2 is 2.17 bits per heavy atom. The summed E-state index contributed by atoms with van der Waals surface area (Å²) in [4.78, 5) is 27.5. The molecule has 0 aliphatic carbocycles. The second kappa shape index (κ2) is 7.59. The maximum absolute atomic E-state index is 12.8. The Morgan fingerprint density at radius 3 is 2.92 bits per heavy atom. The molecule has 1 fully saturated rings. The second-order valence-electron chi connectivity index (χ2n) is 5.86. The number of thiophene rings is 1. The highest BCUT2D eigenvalue weighted by Crippen LogP contribution is 2.21. The zero-order chi connectivity index (χ0) is 16.9. The molecule has 126 valence electrons. The van der Waals surface area contributed by atoms with E-state index in [1.807, 2.05) is 23.4 Å². The summed E-state index contributed by atoms with van der Waals surface area (Å²) in [7, 11) is 1.90. The van der Waals surface area contributed by atoms with Crippen molar-refractivity contribution in [2.45, 2.75) is 18.9 Å². The molecule has 2 heterocycles. The van der Waals surface area contributed by atoms with Gasteiger partial charge >= 0.3 is 0 Å². The Kier molecular flexibility index (Phi) is 5.27. The highest BCUT2D eigenvalue weighted by atomic mass is 32.1. The molecular formula is C18H21N3O2S. The van der Waals surface area contributed by atoms with E-state index in [9.17, 15) is 9.59 Å². The lowest BCUT2D eigenvalue weighted by molar-refractivity contribution is 0.0736. The van der Waals surface area contributed by atoms with E-state index < -0.39 is 0 Å². The first-order valence-corrected chi connectivity index (χ1v) is 8.97. The Balaban J connectivity index is 1.73. The van der Waals surface area contributed by atoms with Crippen LogP contribution < -0.4 is 10.6 Å². The van der Waals surface area contributed by atoms with Gasteiger partial charge in [0.25, 0.3) is 11.8 Å². The fourth-order valence-corrected chi connectivity index (χ4v) is 3.67. The molecule has 2 N–H and O–H groups in total. The zero-order valence-electron chi connectivity index (χ0n) is 13.6. The molecule has 1 aliphatic rings. The lowest BCUT2D eigenvalue weighted by Crippen LogP contribution is -2.40. The molecule has 2 amide bonds. The number of benzene rings is 1. The predicted octanol–water partition coefficient (Wildman–Crippen LogP) is 2.82. The van der Waals surface area contributed by atoms with Gasteiger partial charge in [-0.2, -0.15) is 0 Å². The van der Waals surface area contributed by atoms with E-state index >= 15 is 0 Å². The molecule has 1 aromatic heterocycles. The number of likely N-dealkylation sites (N-methyl/N-ethyl adjacent to an activating group) is 1. The lowest BCUT2D eigenvalue weighted by atomic mass is 10.1. The molecule has 0 bridgehead atoms. The fourth-order valence-electron chi connectivity index (χ4n) is 3.05. The Labute approximate surface area is 145 Å². The van der Waals surface area contributed by atoms with Gasteiger partial charge in [0.1, 0.15) is 0 Å². The quantitative estimate of drug-likeness (QED) is 0.877. The molecule has 1 saturated heterocycles. The van der Waals surface area contributed by atoms with Crippen LogP contribution in [0.5, 0.6) is 0 Å². The topological polar surface area (TPSA) is 61.4 Å². The minimum atomic E-state index is -0.149. The van der Waals surface area contributed by atoms with E-state index in [0.717, 1.165) is 25.9 Å². The molecule has 0 spiro atoms. The van der Waals surface area contributed by atoms with Gasteiger partial charge in [0.2, 0.25) is 0 Å². The van der Waals surface area contributed by atoms with Crippen LogP contribution in [-0.2, 0) is 0 Å². The third-order valence-electron chi connectivity index (χ3n) is 4.19. The van der Waals surface area contributed by atoms with Crippen molar-refractivity contribution in [3.05, 3.63) is 52.2 Å². The standard InChI is InChI=1S/C18H21N3O2S/c1-19-12-15-7-3-9-21(15)18(23)13-5-2-6-14(11-13)20-17(22)16-8-4-10-24-16/h2,4-6,8,10-11,15,19H,3,7,9,12H2,1H3,(H,20,22). The first-order valence-electron chi connectivity index (χ1n) is 8.09. The van der Waals surface area contributed by atoms with Gasteiger partial charge in [-0.1, -0.05) is 12.1 Å². The molecule has 1 aromatic carbocycles. The van der Waals surface area contributed by atoms with Gasteiger partial charge in [-0.25, -0.2) is 0 Å². The summed E-state index contributed by atoms with van der Waals surface area (Å²) < 4.78 is 0. The molecule has 1 unspecified atom stereocenters. The summed E-state index contributed by atoms with van der Waals surface area (Å²) >= 11 is 1.39. The monoisotopic (exact) mass is 343 g/mol. The fraction of sp³-hybridized carbons (Fsp3) is 0.333. The molecular weight excluding hydrogens is 322 g/mol. The lowest BCUT2D eigenvalue weighted by Gasteiger charge is -2.24. The maximum Gasteiger partial charge on any atom is 0.265 e. The molecule has 5 nitrogen and oxygen atoms in total.